The van der Waals surface area contributed by atoms with Gasteiger partial charge in [0.05, 0.1) is 5.56 Å². The van der Waals surface area contributed by atoms with E-state index in [-0.39, 0.29) is 12.0 Å². The zero-order chi connectivity index (χ0) is 22.3. The molecule has 5 heteroatoms. The number of ether oxygens (including phenoxy) is 1. The summed E-state index contributed by atoms with van der Waals surface area (Å²) in [7, 11) is 4.00. The van der Waals surface area contributed by atoms with Gasteiger partial charge in [-0.2, -0.15) is 0 Å². The van der Waals surface area contributed by atoms with Crippen molar-refractivity contribution in [1.82, 2.24) is 10.2 Å². The van der Waals surface area contributed by atoms with Crippen molar-refractivity contribution in [2.75, 3.05) is 38.6 Å². The van der Waals surface area contributed by atoms with Crippen molar-refractivity contribution in [3.8, 4) is 5.75 Å². The molecule has 0 bridgehead atoms. The molecule has 0 radical (unpaired) electrons. The summed E-state index contributed by atoms with van der Waals surface area (Å²) in [6.45, 7) is 2.98. The number of anilines is 1. The fourth-order valence-electron chi connectivity index (χ4n) is 4.10. The summed E-state index contributed by atoms with van der Waals surface area (Å²) >= 11 is 0. The van der Waals surface area contributed by atoms with Gasteiger partial charge < -0.3 is 19.9 Å². The molecule has 1 unspecified atom stereocenters. The van der Waals surface area contributed by atoms with Gasteiger partial charge in [-0.3, -0.25) is 4.79 Å². The van der Waals surface area contributed by atoms with Crippen molar-refractivity contribution in [3.63, 3.8) is 0 Å². The van der Waals surface area contributed by atoms with Gasteiger partial charge in [0.15, 0.2) is 0 Å². The number of rotatable bonds is 8. The molecule has 5 nitrogen and oxygen atoms in total. The third-order valence-corrected chi connectivity index (χ3v) is 5.94. The van der Waals surface area contributed by atoms with Crippen LogP contribution in [0.4, 0.5) is 5.69 Å². The first-order chi connectivity index (χ1) is 15.7. The molecule has 0 aliphatic carbocycles. The number of hydrogen-bond acceptors (Lipinski definition) is 4. The van der Waals surface area contributed by atoms with Gasteiger partial charge in [0.2, 0.25) is 0 Å². The zero-order valence-electron chi connectivity index (χ0n) is 18.8. The average Bonchev–Trinajstić information content (AvgIpc) is 2.96. The largest absolute Gasteiger partial charge is 0.486 e. The number of carbonyl (C=O) groups excluding carboxylic acids is 1. The van der Waals surface area contributed by atoms with E-state index in [4.69, 9.17) is 4.74 Å². The smallest absolute Gasteiger partial charge is 0.256 e. The molecule has 1 N–H and O–H groups in total. The van der Waals surface area contributed by atoms with Gasteiger partial charge in [-0.15, -0.1) is 0 Å². The molecule has 1 aliphatic rings. The lowest BCUT2D eigenvalue weighted by atomic mass is 10.1. The molecular formula is C27H31N3O2. The van der Waals surface area contributed by atoms with E-state index in [1.54, 1.807) is 0 Å². The van der Waals surface area contributed by atoms with Crippen LogP contribution in [-0.2, 0) is 6.54 Å². The number of carbonyl (C=O) groups is 1. The van der Waals surface area contributed by atoms with Crippen LogP contribution in [0.5, 0.6) is 5.75 Å². The molecule has 3 aromatic rings. The molecule has 1 aliphatic heterocycles. The van der Waals surface area contributed by atoms with E-state index in [2.05, 4.69) is 34.5 Å². The Labute approximate surface area is 190 Å². The van der Waals surface area contributed by atoms with Crippen molar-refractivity contribution >= 4 is 11.6 Å². The summed E-state index contributed by atoms with van der Waals surface area (Å²) in [6.07, 6.45) is 0.881. The summed E-state index contributed by atoms with van der Waals surface area (Å²) in [6, 6.07) is 26.3. The maximum Gasteiger partial charge on any atom is 0.256 e. The third kappa shape index (κ3) is 5.11. The van der Waals surface area contributed by atoms with Crippen LogP contribution in [-0.4, -0.2) is 44.5 Å². The van der Waals surface area contributed by atoms with E-state index in [0.29, 0.717) is 13.1 Å². The first-order valence-electron chi connectivity index (χ1n) is 11.2. The van der Waals surface area contributed by atoms with Crippen LogP contribution >= 0.6 is 0 Å². The number of amides is 1. The van der Waals surface area contributed by atoms with Gasteiger partial charge in [0.25, 0.3) is 5.91 Å². The molecule has 1 atom stereocenters. The lowest BCUT2D eigenvalue weighted by Crippen LogP contribution is -2.33. The van der Waals surface area contributed by atoms with Crippen LogP contribution in [0.25, 0.3) is 0 Å². The lowest BCUT2D eigenvalue weighted by Gasteiger charge is -2.22. The van der Waals surface area contributed by atoms with E-state index in [1.807, 2.05) is 73.6 Å². The normalized spacial score (nSPS) is 14.6. The molecule has 3 aromatic carbocycles. The van der Waals surface area contributed by atoms with E-state index >= 15 is 0 Å². The number of nitrogens with one attached hydrogen (secondary N) is 1. The van der Waals surface area contributed by atoms with Crippen molar-refractivity contribution in [2.45, 2.75) is 19.1 Å². The fourth-order valence-corrected chi connectivity index (χ4v) is 4.10. The molecule has 0 spiro atoms. The second-order valence-electron chi connectivity index (χ2n) is 8.22. The highest BCUT2D eigenvalue weighted by Gasteiger charge is 2.24. The lowest BCUT2D eigenvalue weighted by molar-refractivity contribution is 0.0755. The first kappa shape index (κ1) is 21.9. The number of likely N-dealkylation sites (N-methyl/N-ethyl adjacent to an activating group) is 1. The van der Waals surface area contributed by atoms with Gasteiger partial charge in [-0.25, -0.2) is 0 Å². The Morgan fingerprint density at radius 1 is 0.938 bits per heavy atom. The summed E-state index contributed by atoms with van der Waals surface area (Å²) in [5.74, 6) is 0.924. The minimum atomic E-state index is -0.00581. The highest BCUT2D eigenvalue weighted by Crippen LogP contribution is 2.27. The molecule has 0 aromatic heterocycles. The maximum atomic E-state index is 13.1. The Morgan fingerprint density at radius 3 is 2.41 bits per heavy atom. The Hall–Kier alpha value is -3.31. The molecule has 166 valence electrons. The van der Waals surface area contributed by atoms with Crippen LogP contribution in [0.1, 0.15) is 34.0 Å². The molecule has 1 amide bonds. The summed E-state index contributed by atoms with van der Waals surface area (Å²) in [5.41, 5.74) is 4.03. The average molecular weight is 430 g/mol. The molecule has 32 heavy (non-hydrogen) atoms. The number of benzene rings is 3. The Balaban J connectivity index is 1.45. The Kier molecular flexibility index (Phi) is 7.07. The quantitative estimate of drug-likeness (QED) is 0.572. The predicted molar refractivity (Wildman–Crippen MR) is 129 cm³/mol. The van der Waals surface area contributed by atoms with Crippen molar-refractivity contribution in [2.24, 2.45) is 0 Å². The highest BCUT2D eigenvalue weighted by molar-refractivity contribution is 6.00. The van der Waals surface area contributed by atoms with E-state index < -0.39 is 0 Å². The molecular weight excluding hydrogens is 398 g/mol. The predicted octanol–water partition coefficient (Wildman–Crippen LogP) is 4.51. The van der Waals surface area contributed by atoms with Gasteiger partial charge >= 0.3 is 0 Å². The highest BCUT2D eigenvalue weighted by atomic mass is 16.5. The number of hydrogen-bond donors (Lipinski definition) is 1. The van der Waals surface area contributed by atoms with Crippen molar-refractivity contribution in [1.29, 1.82) is 0 Å². The van der Waals surface area contributed by atoms with Crippen molar-refractivity contribution in [3.05, 3.63) is 95.6 Å². The number of nitrogens with zero attached hydrogens (tertiary/aromatic N) is 2. The standard InChI is InChI=1S/C27H31N3O2/c1-28-17-16-26(22-8-4-3-5-9-22)32-23-14-12-21(13-15-23)20-30-19-18-29(2)25-11-7-6-10-24(25)27(30)31/h3-15,26,28H,16-20H2,1-2H3. The Morgan fingerprint density at radius 2 is 1.66 bits per heavy atom. The third-order valence-electron chi connectivity index (χ3n) is 5.94. The van der Waals surface area contributed by atoms with E-state index in [0.717, 1.165) is 42.1 Å². The van der Waals surface area contributed by atoms with Crippen LogP contribution in [0.15, 0.2) is 78.9 Å². The molecule has 0 fully saturated rings. The minimum Gasteiger partial charge on any atom is -0.486 e. The molecule has 0 saturated carbocycles. The topological polar surface area (TPSA) is 44.8 Å². The van der Waals surface area contributed by atoms with Crippen LogP contribution in [0, 0.1) is 0 Å². The second kappa shape index (κ2) is 10.3. The summed E-state index contributed by atoms with van der Waals surface area (Å²) in [4.78, 5) is 17.2. The summed E-state index contributed by atoms with van der Waals surface area (Å²) < 4.78 is 6.32. The Bertz CT molecular complexity index is 1020. The van der Waals surface area contributed by atoms with E-state index in [9.17, 15) is 4.79 Å². The van der Waals surface area contributed by atoms with Crippen LogP contribution in [0.2, 0.25) is 0 Å². The number of fused-ring (bicyclic) bond motifs is 1. The monoisotopic (exact) mass is 429 g/mol. The zero-order valence-corrected chi connectivity index (χ0v) is 18.8. The molecule has 0 saturated heterocycles. The molecule has 4 rings (SSSR count). The summed E-state index contributed by atoms with van der Waals surface area (Å²) in [5, 5.41) is 3.21. The first-order valence-corrected chi connectivity index (χ1v) is 11.2. The van der Waals surface area contributed by atoms with Gasteiger partial charge in [0.1, 0.15) is 11.9 Å². The van der Waals surface area contributed by atoms with Gasteiger partial charge in [0, 0.05) is 38.8 Å². The van der Waals surface area contributed by atoms with Crippen molar-refractivity contribution < 1.29 is 9.53 Å². The van der Waals surface area contributed by atoms with Gasteiger partial charge in [-0.1, -0.05) is 54.6 Å². The van der Waals surface area contributed by atoms with Gasteiger partial charge in [-0.05, 0) is 49.0 Å². The second-order valence-corrected chi connectivity index (χ2v) is 8.22. The van der Waals surface area contributed by atoms with Crippen LogP contribution in [0.3, 0.4) is 0 Å². The van der Waals surface area contributed by atoms with Crippen LogP contribution < -0.4 is 15.0 Å². The molecule has 1 heterocycles. The fraction of sp³-hybridized carbons (Fsp3) is 0.296. The minimum absolute atomic E-state index is 0.00581. The number of para-hydroxylation sites is 1. The maximum absolute atomic E-state index is 13.1. The SMILES string of the molecule is CNCCC(Oc1ccc(CN2CCN(C)c3ccccc3C2=O)cc1)c1ccccc1. The van der Waals surface area contributed by atoms with E-state index in [1.165, 1.54) is 5.56 Å².